The van der Waals surface area contributed by atoms with Crippen molar-refractivity contribution in [2.75, 3.05) is 13.7 Å². The molecule has 2 amide bonds. The highest BCUT2D eigenvalue weighted by atomic mass is 16.7. The lowest BCUT2D eigenvalue weighted by atomic mass is 9.99. The quantitative estimate of drug-likeness (QED) is 0.315. The Hall–Kier alpha value is -3.48. The van der Waals surface area contributed by atoms with Crippen LogP contribution in [0.2, 0.25) is 0 Å². The summed E-state index contributed by atoms with van der Waals surface area (Å²) < 4.78 is 5.37. The third-order valence-electron chi connectivity index (χ3n) is 5.36. The number of ether oxygens (including phenoxy) is 1. The summed E-state index contributed by atoms with van der Waals surface area (Å²) >= 11 is 0. The lowest BCUT2D eigenvalue weighted by Gasteiger charge is -2.33. The van der Waals surface area contributed by atoms with E-state index in [2.05, 4.69) is 5.32 Å². The molecule has 0 aliphatic rings. The Balaban J connectivity index is 1.89. The number of hydrogen-bond donors (Lipinski definition) is 1. The molecule has 0 saturated heterocycles. The molecular formula is C29H34N2O4. The third-order valence-corrected chi connectivity index (χ3v) is 5.36. The molecule has 0 bridgehead atoms. The first kappa shape index (κ1) is 26.1. The predicted octanol–water partition coefficient (Wildman–Crippen LogP) is 4.96. The SMILES string of the molecule is COC[C@H](Cc1ccccc1)NC(=O)[C@@H](c1ccc(-c2ccccc2)cc1)N(C=O)OC(C)(C)C. The number of nitrogens with zero attached hydrogens (tertiary/aromatic N) is 1. The molecule has 6 heteroatoms. The lowest BCUT2D eigenvalue weighted by Crippen LogP contribution is -2.48. The highest BCUT2D eigenvalue weighted by molar-refractivity contribution is 5.85. The Bertz CT molecular complexity index is 1060. The topological polar surface area (TPSA) is 67.9 Å². The fourth-order valence-corrected chi connectivity index (χ4v) is 3.89. The van der Waals surface area contributed by atoms with E-state index in [4.69, 9.17) is 9.57 Å². The third kappa shape index (κ3) is 7.77. The van der Waals surface area contributed by atoms with Crippen LogP contribution in [0, 0.1) is 0 Å². The number of methoxy groups -OCH3 is 1. The Morgan fingerprint density at radius 1 is 0.914 bits per heavy atom. The smallest absolute Gasteiger partial charge is 0.250 e. The van der Waals surface area contributed by atoms with Crippen molar-refractivity contribution in [3.05, 3.63) is 96.1 Å². The van der Waals surface area contributed by atoms with Gasteiger partial charge >= 0.3 is 0 Å². The first-order valence-electron chi connectivity index (χ1n) is 11.7. The molecule has 0 fully saturated rings. The number of carbonyl (C=O) groups is 2. The summed E-state index contributed by atoms with van der Waals surface area (Å²) in [6, 6.07) is 26.2. The van der Waals surface area contributed by atoms with Crippen LogP contribution in [0.1, 0.15) is 37.9 Å². The molecule has 0 unspecified atom stereocenters. The zero-order valence-corrected chi connectivity index (χ0v) is 20.8. The van der Waals surface area contributed by atoms with Crippen LogP contribution in [0.3, 0.4) is 0 Å². The van der Waals surface area contributed by atoms with Gasteiger partial charge in [-0.25, -0.2) is 5.06 Å². The molecule has 0 aromatic heterocycles. The maximum Gasteiger partial charge on any atom is 0.250 e. The Morgan fingerprint density at radius 2 is 1.49 bits per heavy atom. The normalized spacial score (nSPS) is 13.0. The maximum absolute atomic E-state index is 13.6. The van der Waals surface area contributed by atoms with Crippen molar-refractivity contribution in [2.45, 2.75) is 44.9 Å². The minimum Gasteiger partial charge on any atom is -0.383 e. The van der Waals surface area contributed by atoms with E-state index >= 15 is 0 Å². The van der Waals surface area contributed by atoms with Crippen LogP contribution >= 0.6 is 0 Å². The molecule has 0 aliphatic heterocycles. The van der Waals surface area contributed by atoms with E-state index in [-0.39, 0.29) is 11.9 Å². The highest BCUT2D eigenvalue weighted by Gasteiger charge is 2.32. The van der Waals surface area contributed by atoms with Gasteiger partial charge in [-0.2, -0.15) is 0 Å². The van der Waals surface area contributed by atoms with Gasteiger partial charge in [0.15, 0.2) is 6.04 Å². The summed E-state index contributed by atoms with van der Waals surface area (Å²) in [6.07, 6.45) is 1.16. The van der Waals surface area contributed by atoms with Gasteiger partial charge in [0.2, 0.25) is 12.3 Å². The second-order valence-electron chi connectivity index (χ2n) is 9.41. The number of hydroxylamine groups is 2. The summed E-state index contributed by atoms with van der Waals surface area (Å²) in [7, 11) is 1.60. The van der Waals surface area contributed by atoms with Gasteiger partial charge in [0.25, 0.3) is 0 Å². The van der Waals surface area contributed by atoms with Gasteiger partial charge < -0.3 is 10.1 Å². The van der Waals surface area contributed by atoms with Crippen LogP contribution in [0.4, 0.5) is 0 Å². The summed E-state index contributed by atoms with van der Waals surface area (Å²) in [6.45, 7) is 5.84. The van der Waals surface area contributed by atoms with Gasteiger partial charge in [-0.15, -0.1) is 0 Å². The van der Waals surface area contributed by atoms with Crippen LogP contribution in [0.5, 0.6) is 0 Å². The summed E-state index contributed by atoms with van der Waals surface area (Å²) in [5.74, 6) is -0.341. The van der Waals surface area contributed by atoms with Crippen LogP contribution < -0.4 is 5.32 Å². The van der Waals surface area contributed by atoms with Crippen molar-refractivity contribution in [2.24, 2.45) is 0 Å². The van der Waals surface area contributed by atoms with Gasteiger partial charge in [0.05, 0.1) is 18.2 Å². The molecular weight excluding hydrogens is 440 g/mol. The Morgan fingerprint density at radius 3 is 2.03 bits per heavy atom. The Labute approximate surface area is 207 Å². The van der Waals surface area contributed by atoms with Crippen LogP contribution in [0.15, 0.2) is 84.9 Å². The van der Waals surface area contributed by atoms with Gasteiger partial charge in [0, 0.05) is 7.11 Å². The van der Waals surface area contributed by atoms with E-state index < -0.39 is 11.6 Å². The largest absolute Gasteiger partial charge is 0.383 e. The number of rotatable bonds is 11. The van der Waals surface area contributed by atoms with Crippen molar-refractivity contribution in [3.8, 4) is 11.1 Å². The number of amides is 2. The zero-order valence-electron chi connectivity index (χ0n) is 20.8. The molecule has 184 valence electrons. The van der Waals surface area contributed by atoms with Crippen LogP contribution in [-0.4, -0.2) is 42.7 Å². The first-order valence-corrected chi connectivity index (χ1v) is 11.7. The molecule has 6 nitrogen and oxygen atoms in total. The second-order valence-corrected chi connectivity index (χ2v) is 9.41. The highest BCUT2D eigenvalue weighted by Crippen LogP contribution is 2.27. The van der Waals surface area contributed by atoms with Crippen molar-refractivity contribution in [1.29, 1.82) is 0 Å². The molecule has 3 rings (SSSR count). The molecule has 0 radical (unpaired) electrons. The molecule has 3 aromatic rings. The van der Waals surface area contributed by atoms with E-state index in [0.29, 0.717) is 25.0 Å². The molecule has 0 heterocycles. The molecule has 0 spiro atoms. The number of hydrogen-bond acceptors (Lipinski definition) is 4. The lowest BCUT2D eigenvalue weighted by molar-refractivity contribution is -0.232. The van der Waals surface area contributed by atoms with Crippen molar-refractivity contribution >= 4 is 12.3 Å². The fourth-order valence-electron chi connectivity index (χ4n) is 3.89. The second kappa shape index (κ2) is 12.3. The van der Waals surface area contributed by atoms with Gasteiger partial charge in [-0.05, 0) is 49.4 Å². The van der Waals surface area contributed by atoms with Crippen molar-refractivity contribution in [1.82, 2.24) is 10.4 Å². The van der Waals surface area contributed by atoms with Crippen LogP contribution in [0.25, 0.3) is 11.1 Å². The number of carbonyl (C=O) groups excluding carboxylic acids is 2. The predicted molar refractivity (Wildman–Crippen MR) is 137 cm³/mol. The molecule has 2 atom stereocenters. The molecule has 1 N–H and O–H groups in total. The molecule has 0 aliphatic carbocycles. The van der Waals surface area contributed by atoms with E-state index in [1.165, 1.54) is 0 Å². The standard InChI is InChI=1S/C29H34N2O4/c1-29(2,3)35-31(21-32)27(25-17-15-24(16-18-25)23-13-9-6-10-14-23)28(33)30-26(20-34-4)19-22-11-7-5-8-12-22/h5-18,21,26-27H,19-20H2,1-4H3,(H,30,33)/t26-,27+/m0/s1. The van der Waals surface area contributed by atoms with E-state index in [9.17, 15) is 9.59 Å². The first-order chi connectivity index (χ1) is 16.8. The van der Waals surface area contributed by atoms with Gasteiger partial charge in [-0.1, -0.05) is 84.9 Å². The fraction of sp³-hybridized carbons (Fsp3) is 0.310. The average molecular weight is 475 g/mol. The van der Waals surface area contributed by atoms with E-state index in [0.717, 1.165) is 21.8 Å². The summed E-state index contributed by atoms with van der Waals surface area (Å²) in [4.78, 5) is 31.6. The minimum atomic E-state index is -0.966. The molecule has 35 heavy (non-hydrogen) atoms. The van der Waals surface area contributed by atoms with Crippen molar-refractivity contribution in [3.63, 3.8) is 0 Å². The van der Waals surface area contributed by atoms with Gasteiger partial charge in [-0.3, -0.25) is 14.4 Å². The maximum atomic E-state index is 13.6. The summed E-state index contributed by atoms with van der Waals surface area (Å²) in [5.41, 5.74) is 3.15. The van der Waals surface area contributed by atoms with E-state index in [1.54, 1.807) is 7.11 Å². The average Bonchev–Trinajstić information content (AvgIpc) is 2.84. The molecule has 0 saturated carbocycles. The number of nitrogens with one attached hydrogen (secondary N) is 1. The monoisotopic (exact) mass is 474 g/mol. The molecule has 3 aromatic carbocycles. The van der Waals surface area contributed by atoms with Crippen LogP contribution in [-0.2, 0) is 25.6 Å². The zero-order chi connectivity index (χ0) is 25.3. The van der Waals surface area contributed by atoms with E-state index in [1.807, 2.05) is 106 Å². The van der Waals surface area contributed by atoms with Gasteiger partial charge in [0.1, 0.15) is 0 Å². The summed E-state index contributed by atoms with van der Waals surface area (Å²) in [5, 5.41) is 4.16. The Kier molecular flexibility index (Phi) is 9.18. The van der Waals surface area contributed by atoms with Crippen molar-refractivity contribution < 1.29 is 19.2 Å². The number of benzene rings is 3. The minimum absolute atomic E-state index is 0.274.